The molecule has 0 radical (unpaired) electrons. The van der Waals surface area contributed by atoms with E-state index < -0.39 is 0 Å². The van der Waals surface area contributed by atoms with E-state index in [4.69, 9.17) is 4.98 Å². The van der Waals surface area contributed by atoms with Crippen molar-refractivity contribution in [3.8, 4) is 11.1 Å². The summed E-state index contributed by atoms with van der Waals surface area (Å²) in [7, 11) is 0. The number of anilines is 1. The van der Waals surface area contributed by atoms with Gasteiger partial charge in [-0.1, -0.05) is 12.1 Å². The van der Waals surface area contributed by atoms with Crippen LogP contribution in [-0.4, -0.2) is 23.5 Å². The minimum Gasteiger partial charge on any atom is -0.383 e. The predicted molar refractivity (Wildman–Crippen MR) is 109 cm³/mol. The normalized spacial score (nSPS) is 19.1. The number of ketones is 1. The Labute approximate surface area is 158 Å². The minimum atomic E-state index is 0.192. The Morgan fingerprint density at radius 1 is 1.22 bits per heavy atom. The van der Waals surface area contributed by atoms with Gasteiger partial charge in [0, 0.05) is 49.1 Å². The number of rotatable bonds is 2. The molecular weight excluding hydrogens is 334 g/mol. The molecule has 0 fully saturated rings. The number of aliphatic imine (C=N–C) groups is 1. The summed E-state index contributed by atoms with van der Waals surface area (Å²) in [6, 6.07) is 6.36. The second kappa shape index (κ2) is 6.31. The third kappa shape index (κ3) is 2.72. The first-order chi connectivity index (χ1) is 13.2. The summed E-state index contributed by atoms with van der Waals surface area (Å²) in [5.41, 5.74) is 9.89. The number of hydrogen-bond acceptors (Lipinski definition) is 4. The molecule has 4 nitrogen and oxygen atoms in total. The maximum atomic E-state index is 12.6. The van der Waals surface area contributed by atoms with Crippen LogP contribution in [0.5, 0.6) is 0 Å². The Bertz CT molecular complexity index is 1060. The molecule has 0 atom stereocenters. The summed E-state index contributed by atoms with van der Waals surface area (Å²) in [6.07, 6.45) is 11.1. The van der Waals surface area contributed by atoms with E-state index in [1.165, 1.54) is 11.3 Å². The molecule has 27 heavy (non-hydrogen) atoms. The lowest BCUT2D eigenvalue weighted by Crippen LogP contribution is -2.14. The van der Waals surface area contributed by atoms with Crippen LogP contribution in [0.1, 0.15) is 35.2 Å². The van der Waals surface area contributed by atoms with E-state index in [2.05, 4.69) is 35.4 Å². The smallest absolute Gasteiger partial charge is 0.167 e. The molecule has 0 spiro atoms. The molecule has 1 N–H and O–H groups in total. The van der Waals surface area contributed by atoms with E-state index in [0.29, 0.717) is 6.42 Å². The van der Waals surface area contributed by atoms with Crippen molar-refractivity contribution in [1.82, 2.24) is 4.98 Å². The van der Waals surface area contributed by atoms with Crippen LogP contribution in [0, 0.1) is 6.92 Å². The zero-order valence-corrected chi connectivity index (χ0v) is 15.4. The van der Waals surface area contributed by atoms with Crippen molar-refractivity contribution in [1.29, 1.82) is 0 Å². The highest BCUT2D eigenvalue weighted by molar-refractivity contribution is 6.26. The summed E-state index contributed by atoms with van der Waals surface area (Å²) in [5.74, 6) is 0.192. The van der Waals surface area contributed by atoms with E-state index in [9.17, 15) is 4.79 Å². The number of aryl methyl sites for hydroxylation is 1. The largest absolute Gasteiger partial charge is 0.383 e. The molecule has 3 heterocycles. The van der Waals surface area contributed by atoms with Crippen LogP contribution < -0.4 is 5.32 Å². The van der Waals surface area contributed by atoms with E-state index in [0.717, 1.165) is 64.9 Å². The Hall–Kier alpha value is -3.01. The van der Waals surface area contributed by atoms with Crippen LogP contribution in [0.3, 0.4) is 0 Å². The summed E-state index contributed by atoms with van der Waals surface area (Å²) in [4.78, 5) is 21.4. The Balaban J connectivity index is 1.59. The fourth-order valence-corrected chi connectivity index (χ4v) is 4.21. The number of hydrogen-bond donors (Lipinski definition) is 1. The molecule has 0 saturated heterocycles. The number of Topliss-reactive ketones (excluding diaryl/α,β-unsaturated/α-hetero) is 1. The molecule has 2 aromatic rings. The van der Waals surface area contributed by atoms with E-state index in [-0.39, 0.29) is 5.78 Å². The van der Waals surface area contributed by atoms with Crippen LogP contribution in [-0.2, 0) is 17.6 Å². The Kier molecular flexibility index (Phi) is 3.78. The van der Waals surface area contributed by atoms with Crippen LogP contribution in [0.25, 0.3) is 16.7 Å². The van der Waals surface area contributed by atoms with Crippen LogP contribution in [0.4, 0.5) is 5.69 Å². The number of nitrogens with zero attached hydrogens (tertiary/aromatic N) is 2. The lowest BCUT2D eigenvalue weighted by Gasteiger charge is -2.21. The fraction of sp³-hybridized carbons (Fsp3) is 0.261. The average molecular weight is 355 g/mol. The first-order valence-corrected chi connectivity index (χ1v) is 9.52. The number of benzene rings is 1. The molecule has 0 unspecified atom stereocenters. The predicted octanol–water partition coefficient (Wildman–Crippen LogP) is 4.28. The molecule has 134 valence electrons. The molecule has 0 bridgehead atoms. The number of nitrogens with one attached hydrogen (secondary N) is 1. The van der Waals surface area contributed by atoms with Gasteiger partial charge in [-0.25, -0.2) is 0 Å². The first-order valence-electron chi connectivity index (χ1n) is 9.52. The third-order valence-electron chi connectivity index (χ3n) is 5.67. The summed E-state index contributed by atoms with van der Waals surface area (Å²) in [5, 5.41) is 3.51. The summed E-state index contributed by atoms with van der Waals surface area (Å²) >= 11 is 0. The minimum absolute atomic E-state index is 0.192. The molecule has 0 saturated carbocycles. The SMILES string of the molecule is Cc1c(-c2ccc3c(c2)/C(=C/C2=CN=CC2)C(=O)C3)cnc2c1NCCC2. The summed E-state index contributed by atoms with van der Waals surface area (Å²) in [6.45, 7) is 3.16. The van der Waals surface area contributed by atoms with Crippen LogP contribution in [0.15, 0.2) is 47.2 Å². The molecule has 5 rings (SSSR count). The zero-order valence-electron chi connectivity index (χ0n) is 15.4. The van der Waals surface area contributed by atoms with Crippen molar-refractivity contribution < 1.29 is 4.79 Å². The molecule has 4 heteroatoms. The van der Waals surface area contributed by atoms with Crippen LogP contribution >= 0.6 is 0 Å². The highest BCUT2D eigenvalue weighted by atomic mass is 16.1. The van der Waals surface area contributed by atoms with Crippen molar-refractivity contribution in [2.24, 2.45) is 4.99 Å². The zero-order chi connectivity index (χ0) is 18.4. The third-order valence-corrected chi connectivity index (χ3v) is 5.67. The summed E-state index contributed by atoms with van der Waals surface area (Å²) < 4.78 is 0. The maximum Gasteiger partial charge on any atom is 0.167 e. The quantitative estimate of drug-likeness (QED) is 0.818. The van der Waals surface area contributed by atoms with Crippen molar-refractivity contribution in [3.05, 3.63) is 64.6 Å². The van der Waals surface area contributed by atoms with Gasteiger partial charge in [0.25, 0.3) is 0 Å². The van der Waals surface area contributed by atoms with Gasteiger partial charge in [0.1, 0.15) is 0 Å². The van der Waals surface area contributed by atoms with Gasteiger partial charge in [0.05, 0.1) is 11.4 Å². The van der Waals surface area contributed by atoms with Gasteiger partial charge in [0.15, 0.2) is 5.78 Å². The second-order valence-electron chi connectivity index (χ2n) is 7.42. The maximum absolute atomic E-state index is 12.6. The molecule has 3 aliphatic rings. The topological polar surface area (TPSA) is 54.4 Å². The number of carbonyl (C=O) groups excluding carboxylic acids is 1. The van der Waals surface area contributed by atoms with E-state index >= 15 is 0 Å². The molecule has 1 aromatic heterocycles. The van der Waals surface area contributed by atoms with E-state index in [1.54, 1.807) is 0 Å². The number of allylic oxidation sites excluding steroid dienone is 3. The van der Waals surface area contributed by atoms with Gasteiger partial charge >= 0.3 is 0 Å². The van der Waals surface area contributed by atoms with Gasteiger partial charge in [-0.3, -0.25) is 14.8 Å². The monoisotopic (exact) mass is 355 g/mol. The van der Waals surface area contributed by atoms with Crippen molar-refractivity contribution in [2.45, 2.75) is 32.6 Å². The Morgan fingerprint density at radius 2 is 2.15 bits per heavy atom. The fourth-order valence-electron chi connectivity index (χ4n) is 4.21. The van der Waals surface area contributed by atoms with Gasteiger partial charge in [0.2, 0.25) is 0 Å². The van der Waals surface area contributed by atoms with Crippen LogP contribution in [0.2, 0.25) is 0 Å². The highest BCUT2D eigenvalue weighted by Crippen LogP contribution is 2.37. The molecular formula is C23H21N3O. The van der Waals surface area contributed by atoms with Gasteiger partial charge < -0.3 is 5.32 Å². The van der Waals surface area contributed by atoms with Gasteiger partial charge in [-0.2, -0.15) is 0 Å². The van der Waals surface area contributed by atoms with Gasteiger partial charge in [-0.05, 0) is 59.7 Å². The van der Waals surface area contributed by atoms with Gasteiger partial charge in [-0.15, -0.1) is 0 Å². The van der Waals surface area contributed by atoms with Crippen molar-refractivity contribution in [2.75, 3.05) is 11.9 Å². The number of fused-ring (bicyclic) bond motifs is 2. The molecule has 1 aliphatic carbocycles. The molecule has 2 aliphatic heterocycles. The standard InChI is InChI=1S/C23H21N3O/c1-14-20(13-26-21-3-2-7-25-23(14)21)16-4-5-17-11-22(27)19(18(17)10-16)9-15-6-8-24-12-15/h4-5,8-10,12-13,25H,2-3,6-7,11H2,1H3/b19-9-. The average Bonchev–Trinajstić information content (AvgIpc) is 3.31. The van der Waals surface area contributed by atoms with Crippen molar-refractivity contribution in [3.63, 3.8) is 0 Å². The lowest BCUT2D eigenvalue weighted by molar-refractivity contribution is -0.112. The molecule has 0 amide bonds. The van der Waals surface area contributed by atoms with E-state index in [1.807, 2.05) is 24.7 Å². The number of aromatic nitrogens is 1. The second-order valence-corrected chi connectivity index (χ2v) is 7.42. The lowest BCUT2D eigenvalue weighted by atomic mass is 9.94. The van der Waals surface area contributed by atoms with Crippen molar-refractivity contribution >= 4 is 23.3 Å². The Morgan fingerprint density at radius 3 is 3.00 bits per heavy atom. The molecule has 1 aromatic carbocycles. The number of carbonyl (C=O) groups is 1. The number of pyridine rings is 1. The highest BCUT2D eigenvalue weighted by Gasteiger charge is 2.26. The first kappa shape index (κ1) is 16.2.